The second-order valence-electron chi connectivity index (χ2n) is 6.25. The van der Waals surface area contributed by atoms with Gasteiger partial charge in [0.25, 0.3) is 5.91 Å². The monoisotopic (exact) mass is 350 g/mol. The van der Waals surface area contributed by atoms with Crippen LogP contribution in [-0.2, 0) is 11.2 Å². The fraction of sp³-hybridized carbons (Fsp3) is 0.238. The summed E-state index contributed by atoms with van der Waals surface area (Å²) in [6.45, 7) is 8.30. The number of hydrogen-bond donors (Lipinski definition) is 1. The highest BCUT2D eigenvalue weighted by atomic mass is 32.2. The maximum absolute atomic E-state index is 12.4. The van der Waals surface area contributed by atoms with Gasteiger partial charge in [-0.05, 0) is 78.9 Å². The third-order valence-electron chi connectivity index (χ3n) is 4.48. The van der Waals surface area contributed by atoms with Crippen LogP contribution in [0.1, 0.15) is 36.1 Å². The minimum Gasteiger partial charge on any atom is -0.300 e. The Morgan fingerprint density at radius 2 is 1.80 bits per heavy atom. The summed E-state index contributed by atoms with van der Waals surface area (Å²) in [4.78, 5) is 17.6. The van der Waals surface area contributed by atoms with Crippen LogP contribution in [0.2, 0.25) is 0 Å². The fourth-order valence-corrected chi connectivity index (χ4v) is 3.55. The van der Waals surface area contributed by atoms with E-state index in [0.29, 0.717) is 10.1 Å². The van der Waals surface area contributed by atoms with Crippen molar-refractivity contribution < 1.29 is 4.79 Å². The minimum absolute atomic E-state index is 0.0790. The van der Waals surface area contributed by atoms with E-state index in [1.54, 1.807) is 0 Å². The van der Waals surface area contributed by atoms with Crippen LogP contribution in [0.15, 0.2) is 52.4 Å². The predicted octanol–water partition coefficient (Wildman–Crippen LogP) is 5.15. The molecule has 1 fully saturated rings. The Bertz CT molecular complexity index is 879. The van der Waals surface area contributed by atoms with Gasteiger partial charge in [0, 0.05) is 0 Å². The van der Waals surface area contributed by atoms with E-state index in [-0.39, 0.29) is 5.91 Å². The summed E-state index contributed by atoms with van der Waals surface area (Å²) in [5, 5.41) is 3.51. The van der Waals surface area contributed by atoms with Crippen molar-refractivity contribution in [2.24, 2.45) is 4.99 Å². The first-order valence-electron chi connectivity index (χ1n) is 8.43. The molecule has 0 saturated carbocycles. The molecule has 0 unspecified atom stereocenters. The van der Waals surface area contributed by atoms with E-state index in [9.17, 15) is 4.79 Å². The largest absolute Gasteiger partial charge is 0.300 e. The van der Waals surface area contributed by atoms with Crippen LogP contribution in [-0.4, -0.2) is 11.1 Å². The van der Waals surface area contributed by atoms with E-state index in [1.807, 2.05) is 19.1 Å². The third kappa shape index (κ3) is 3.85. The number of hydrogen-bond acceptors (Lipinski definition) is 3. The lowest BCUT2D eigenvalue weighted by Crippen LogP contribution is -2.19. The van der Waals surface area contributed by atoms with Crippen LogP contribution in [0.4, 0.5) is 5.69 Å². The molecule has 0 atom stereocenters. The number of rotatable bonds is 3. The van der Waals surface area contributed by atoms with Crippen molar-refractivity contribution >= 4 is 34.1 Å². The number of carbonyl (C=O) groups is 1. The zero-order valence-corrected chi connectivity index (χ0v) is 15.8. The molecule has 128 valence electrons. The Balaban J connectivity index is 1.87. The van der Waals surface area contributed by atoms with Gasteiger partial charge in [-0.25, -0.2) is 4.99 Å². The fourth-order valence-electron chi connectivity index (χ4n) is 2.65. The lowest BCUT2D eigenvalue weighted by atomic mass is 10.0. The number of aliphatic imine (C=N–C) groups is 1. The van der Waals surface area contributed by atoms with Gasteiger partial charge in [-0.3, -0.25) is 4.79 Å². The quantitative estimate of drug-likeness (QED) is 0.778. The lowest BCUT2D eigenvalue weighted by molar-refractivity contribution is -0.115. The minimum atomic E-state index is -0.0790. The molecule has 1 N–H and O–H groups in total. The van der Waals surface area contributed by atoms with Crippen LogP contribution < -0.4 is 5.32 Å². The Hall–Kier alpha value is -2.33. The molecule has 0 bridgehead atoms. The summed E-state index contributed by atoms with van der Waals surface area (Å²) in [5.74, 6) is -0.0790. The number of nitrogens with zero attached hydrogens (tertiary/aromatic N) is 1. The Morgan fingerprint density at radius 1 is 1.08 bits per heavy atom. The highest BCUT2D eigenvalue weighted by molar-refractivity contribution is 8.18. The number of nitrogens with one attached hydrogen (secondary N) is 1. The first-order valence-corrected chi connectivity index (χ1v) is 9.25. The van der Waals surface area contributed by atoms with Crippen molar-refractivity contribution in [2.45, 2.75) is 34.1 Å². The number of thioether (sulfide) groups is 1. The van der Waals surface area contributed by atoms with Crippen LogP contribution in [0.5, 0.6) is 0 Å². The van der Waals surface area contributed by atoms with E-state index < -0.39 is 0 Å². The smallest absolute Gasteiger partial charge is 0.264 e. The van der Waals surface area contributed by atoms with Crippen molar-refractivity contribution in [3.63, 3.8) is 0 Å². The molecule has 0 spiro atoms. The third-order valence-corrected chi connectivity index (χ3v) is 5.56. The zero-order chi connectivity index (χ0) is 18.0. The molecule has 1 aliphatic rings. The van der Waals surface area contributed by atoms with Crippen molar-refractivity contribution in [2.75, 3.05) is 0 Å². The van der Waals surface area contributed by atoms with Gasteiger partial charge >= 0.3 is 0 Å². The SMILES string of the molecule is CCc1ccc(N=C2NC(=O)/C(=C(\C)c3ccc(C)c(C)c3)S2)cc1. The van der Waals surface area contributed by atoms with Gasteiger partial charge in [0.2, 0.25) is 0 Å². The predicted molar refractivity (Wildman–Crippen MR) is 107 cm³/mol. The Labute approximate surface area is 153 Å². The Morgan fingerprint density at radius 3 is 2.44 bits per heavy atom. The zero-order valence-electron chi connectivity index (χ0n) is 15.0. The molecule has 1 aliphatic heterocycles. The number of carbonyl (C=O) groups excluding carboxylic acids is 1. The van der Waals surface area contributed by atoms with Crippen LogP contribution in [0.25, 0.3) is 5.57 Å². The van der Waals surface area contributed by atoms with E-state index >= 15 is 0 Å². The molecule has 1 amide bonds. The Kier molecular flexibility index (Phi) is 5.09. The van der Waals surface area contributed by atoms with Gasteiger partial charge < -0.3 is 5.32 Å². The molecule has 1 saturated heterocycles. The summed E-state index contributed by atoms with van der Waals surface area (Å²) in [6.07, 6.45) is 1.00. The van der Waals surface area contributed by atoms with Crippen molar-refractivity contribution in [1.82, 2.24) is 5.32 Å². The second kappa shape index (κ2) is 7.28. The molecule has 3 rings (SSSR count). The van der Waals surface area contributed by atoms with Gasteiger partial charge in [-0.1, -0.05) is 37.3 Å². The summed E-state index contributed by atoms with van der Waals surface area (Å²) in [6, 6.07) is 14.4. The average molecular weight is 350 g/mol. The van der Waals surface area contributed by atoms with E-state index in [2.05, 4.69) is 61.4 Å². The number of allylic oxidation sites excluding steroid dienone is 1. The van der Waals surface area contributed by atoms with E-state index in [1.165, 1.54) is 28.5 Å². The normalized spacial score (nSPS) is 17.8. The topological polar surface area (TPSA) is 41.5 Å². The molecule has 3 nitrogen and oxygen atoms in total. The summed E-state index contributed by atoms with van der Waals surface area (Å²) < 4.78 is 0. The first kappa shape index (κ1) is 17.5. The van der Waals surface area contributed by atoms with Crippen LogP contribution in [0, 0.1) is 13.8 Å². The molecule has 0 aliphatic carbocycles. The number of aryl methyl sites for hydroxylation is 3. The maximum atomic E-state index is 12.4. The standard InChI is InChI=1S/C21H22N2OS/c1-5-16-7-10-18(11-8-16)22-21-23-20(24)19(25-21)15(4)17-9-6-13(2)14(3)12-17/h6-12H,5H2,1-4H3,(H,22,23,24)/b19-15-. The molecule has 25 heavy (non-hydrogen) atoms. The van der Waals surface area contributed by atoms with Gasteiger partial charge in [0.1, 0.15) is 0 Å². The van der Waals surface area contributed by atoms with Gasteiger partial charge in [-0.15, -0.1) is 0 Å². The van der Waals surface area contributed by atoms with Gasteiger partial charge in [0.15, 0.2) is 5.17 Å². The summed E-state index contributed by atoms with van der Waals surface area (Å²) >= 11 is 1.41. The summed E-state index contributed by atoms with van der Waals surface area (Å²) in [5.41, 5.74) is 6.67. The van der Waals surface area contributed by atoms with Gasteiger partial charge in [0.05, 0.1) is 10.6 Å². The highest BCUT2D eigenvalue weighted by Gasteiger charge is 2.26. The van der Waals surface area contributed by atoms with E-state index in [0.717, 1.165) is 23.2 Å². The van der Waals surface area contributed by atoms with Crippen molar-refractivity contribution in [3.8, 4) is 0 Å². The van der Waals surface area contributed by atoms with Gasteiger partial charge in [-0.2, -0.15) is 0 Å². The highest BCUT2D eigenvalue weighted by Crippen LogP contribution is 2.33. The number of amidine groups is 1. The van der Waals surface area contributed by atoms with Crippen molar-refractivity contribution in [3.05, 3.63) is 69.6 Å². The number of amides is 1. The molecule has 0 aromatic heterocycles. The molecule has 2 aromatic rings. The maximum Gasteiger partial charge on any atom is 0.264 e. The van der Waals surface area contributed by atoms with Crippen molar-refractivity contribution in [1.29, 1.82) is 0 Å². The van der Waals surface area contributed by atoms with E-state index in [4.69, 9.17) is 0 Å². The van der Waals surface area contributed by atoms with Crippen LogP contribution >= 0.6 is 11.8 Å². The molecule has 1 heterocycles. The first-order chi connectivity index (χ1) is 12.0. The summed E-state index contributed by atoms with van der Waals surface area (Å²) in [7, 11) is 0. The molecule has 0 radical (unpaired) electrons. The second-order valence-corrected chi connectivity index (χ2v) is 7.25. The lowest BCUT2D eigenvalue weighted by Gasteiger charge is -2.07. The molecule has 2 aromatic carbocycles. The molecule has 4 heteroatoms. The van der Waals surface area contributed by atoms with Crippen LogP contribution in [0.3, 0.4) is 0 Å². The molecular weight excluding hydrogens is 328 g/mol. The average Bonchev–Trinajstić information content (AvgIpc) is 2.97. The molecular formula is C21H22N2OS. The number of benzene rings is 2.